The Labute approximate surface area is 118 Å². The molecule has 1 aromatic rings. The van der Waals surface area contributed by atoms with Crippen molar-refractivity contribution in [3.8, 4) is 0 Å². The smallest absolute Gasteiger partial charge is 0.231 e. The number of carbonyl (C=O) groups excluding carboxylic acids is 2. The molecular formula is C10H8Br3NO2. The zero-order chi connectivity index (χ0) is 12.1. The van der Waals surface area contributed by atoms with Crippen molar-refractivity contribution in [2.45, 2.75) is 6.42 Å². The molecule has 0 aliphatic heterocycles. The first kappa shape index (κ1) is 13.9. The monoisotopic (exact) mass is 411 g/mol. The van der Waals surface area contributed by atoms with Gasteiger partial charge in [0.25, 0.3) is 0 Å². The van der Waals surface area contributed by atoms with Crippen LogP contribution in [0.2, 0.25) is 0 Å². The fraction of sp³-hybridized carbons (Fsp3) is 0.200. The van der Waals surface area contributed by atoms with Crippen LogP contribution in [0.1, 0.15) is 6.42 Å². The van der Waals surface area contributed by atoms with Crippen molar-refractivity contribution in [3.05, 3.63) is 27.1 Å². The van der Waals surface area contributed by atoms with Crippen LogP contribution in [0.25, 0.3) is 0 Å². The van der Waals surface area contributed by atoms with Gasteiger partial charge in [0.2, 0.25) is 5.91 Å². The van der Waals surface area contributed by atoms with Crippen molar-refractivity contribution < 1.29 is 9.59 Å². The lowest BCUT2D eigenvalue weighted by atomic mass is 10.2. The second-order valence-corrected chi connectivity index (χ2v) is 5.35. The van der Waals surface area contributed by atoms with Crippen LogP contribution in [0.3, 0.4) is 0 Å². The number of hydrogen-bond donors (Lipinski definition) is 1. The fourth-order valence-electron chi connectivity index (χ4n) is 1.01. The average Bonchev–Trinajstić information content (AvgIpc) is 2.22. The van der Waals surface area contributed by atoms with Gasteiger partial charge in [-0.25, -0.2) is 0 Å². The molecule has 0 saturated heterocycles. The minimum absolute atomic E-state index is 0.117. The summed E-state index contributed by atoms with van der Waals surface area (Å²) in [5.41, 5.74) is 0.649. The van der Waals surface area contributed by atoms with E-state index in [1.165, 1.54) is 0 Å². The maximum Gasteiger partial charge on any atom is 0.231 e. The van der Waals surface area contributed by atoms with Crippen LogP contribution in [0.15, 0.2) is 27.1 Å². The predicted molar refractivity (Wildman–Crippen MR) is 73.9 cm³/mol. The fourth-order valence-corrected chi connectivity index (χ4v) is 2.36. The van der Waals surface area contributed by atoms with Crippen LogP contribution in [0, 0.1) is 0 Å². The molecule has 86 valence electrons. The highest BCUT2D eigenvalue weighted by molar-refractivity contribution is 9.11. The van der Waals surface area contributed by atoms with Gasteiger partial charge in [-0.1, -0.05) is 31.9 Å². The van der Waals surface area contributed by atoms with Gasteiger partial charge in [0.1, 0.15) is 0 Å². The Morgan fingerprint density at radius 2 is 1.94 bits per heavy atom. The third kappa shape index (κ3) is 4.35. The molecule has 0 fully saturated rings. The zero-order valence-electron chi connectivity index (χ0n) is 8.10. The van der Waals surface area contributed by atoms with E-state index in [2.05, 4.69) is 53.1 Å². The summed E-state index contributed by atoms with van der Waals surface area (Å²) in [5.74, 6) is -0.460. The highest BCUT2D eigenvalue weighted by Gasteiger charge is 2.09. The number of amides is 1. The number of carbonyl (C=O) groups is 2. The van der Waals surface area contributed by atoms with E-state index in [0.717, 1.165) is 8.95 Å². The molecule has 3 nitrogen and oxygen atoms in total. The maximum absolute atomic E-state index is 11.4. The number of rotatable bonds is 4. The Morgan fingerprint density at radius 1 is 1.25 bits per heavy atom. The average molecular weight is 414 g/mol. The quantitative estimate of drug-likeness (QED) is 0.606. The summed E-state index contributed by atoms with van der Waals surface area (Å²) in [5, 5.41) is 2.85. The van der Waals surface area contributed by atoms with Crippen LogP contribution in [0.5, 0.6) is 0 Å². The first-order chi connectivity index (χ1) is 7.52. The van der Waals surface area contributed by atoms with E-state index in [0.29, 0.717) is 5.69 Å². The van der Waals surface area contributed by atoms with Crippen molar-refractivity contribution in [3.63, 3.8) is 0 Å². The first-order valence-corrected chi connectivity index (χ1v) is 7.06. The van der Waals surface area contributed by atoms with Gasteiger partial charge in [-0.05, 0) is 34.1 Å². The Balaban J connectivity index is 2.66. The van der Waals surface area contributed by atoms with E-state index in [4.69, 9.17) is 0 Å². The molecule has 0 radical (unpaired) electrons. The van der Waals surface area contributed by atoms with Crippen LogP contribution in [-0.2, 0) is 9.59 Å². The highest BCUT2D eigenvalue weighted by atomic mass is 79.9. The van der Waals surface area contributed by atoms with E-state index in [-0.39, 0.29) is 23.4 Å². The number of Topliss-reactive ketones (excluding diaryl/α,β-unsaturated/α-hetero) is 1. The van der Waals surface area contributed by atoms with E-state index >= 15 is 0 Å². The highest BCUT2D eigenvalue weighted by Crippen LogP contribution is 2.26. The molecule has 0 atom stereocenters. The molecule has 0 heterocycles. The van der Waals surface area contributed by atoms with Crippen molar-refractivity contribution in [2.75, 3.05) is 10.6 Å². The van der Waals surface area contributed by atoms with Crippen molar-refractivity contribution in [1.29, 1.82) is 0 Å². The van der Waals surface area contributed by atoms with Gasteiger partial charge in [-0.3, -0.25) is 9.59 Å². The molecule has 1 amide bonds. The molecule has 0 spiro atoms. The van der Waals surface area contributed by atoms with E-state index in [1.807, 2.05) is 12.1 Å². The molecule has 6 heteroatoms. The topological polar surface area (TPSA) is 46.2 Å². The molecule has 0 aromatic heterocycles. The summed E-state index contributed by atoms with van der Waals surface area (Å²) in [6, 6.07) is 5.39. The molecule has 0 aliphatic carbocycles. The number of benzene rings is 1. The molecular weight excluding hydrogens is 406 g/mol. The summed E-state index contributed by atoms with van der Waals surface area (Å²) in [6.07, 6.45) is -0.117. The molecule has 0 saturated carbocycles. The lowest BCUT2D eigenvalue weighted by molar-refractivity contribution is -0.123. The third-order valence-electron chi connectivity index (χ3n) is 1.71. The SMILES string of the molecule is O=C(CBr)CC(=O)Nc1ccc(Br)cc1Br. The Hall–Kier alpha value is -0.200. The van der Waals surface area contributed by atoms with Gasteiger partial charge in [0.15, 0.2) is 5.78 Å². The van der Waals surface area contributed by atoms with Crippen molar-refractivity contribution >= 4 is 65.2 Å². The van der Waals surface area contributed by atoms with Crippen LogP contribution in [0.4, 0.5) is 5.69 Å². The lowest BCUT2D eigenvalue weighted by Gasteiger charge is -2.06. The van der Waals surface area contributed by atoms with Crippen molar-refractivity contribution in [1.82, 2.24) is 0 Å². The second-order valence-electron chi connectivity index (χ2n) is 3.02. The molecule has 16 heavy (non-hydrogen) atoms. The molecule has 1 N–H and O–H groups in total. The Bertz CT molecular complexity index is 421. The minimum atomic E-state index is -0.313. The molecule has 0 bridgehead atoms. The van der Waals surface area contributed by atoms with Crippen LogP contribution >= 0.6 is 47.8 Å². The first-order valence-electron chi connectivity index (χ1n) is 4.35. The summed E-state index contributed by atoms with van der Waals surface area (Å²) in [7, 11) is 0. The standard InChI is InChI=1S/C10H8Br3NO2/c11-5-7(15)4-10(16)14-9-2-1-6(12)3-8(9)13/h1-3H,4-5H2,(H,14,16). The van der Waals surface area contributed by atoms with Gasteiger partial charge in [-0.2, -0.15) is 0 Å². The minimum Gasteiger partial charge on any atom is -0.325 e. The number of hydrogen-bond acceptors (Lipinski definition) is 2. The van der Waals surface area contributed by atoms with Gasteiger partial charge in [0.05, 0.1) is 17.4 Å². The number of anilines is 1. The van der Waals surface area contributed by atoms with Crippen LogP contribution in [-0.4, -0.2) is 17.0 Å². The van der Waals surface area contributed by atoms with E-state index in [1.54, 1.807) is 6.07 Å². The molecule has 0 unspecified atom stereocenters. The summed E-state index contributed by atoms with van der Waals surface area (Å²) in [6.45, 7) is 0. The number of halogens is 3. The predicted octanol–water partition coefficient (Wildman–Crippen LogP) is 3.50. The number of nitrogens with one attached hydrogen (secondary N) is 1. The Kier molecular flexibility index (Phi) is 5.64. The van der Waals surface area contributed by atoms with Gasteiger partial charge < -0.3 is 5.32 Å². The second kappa shape index (κ2) is 6.51. The largest absolute Gasteiger partial charge is 0.325 e. The van der Waals surface area contributed by atoms with Crippen molar-refractivity contribution in [2.24, 2.45) is 0 Å². The summed E-state index contributed by atoms with van der Waals surface area (Å²) in [4.78, 5) is 22.5. The van der Waals surface area contributed by atoms with E-state index < -0.39 is 0 Å². The van der Waals surface area contributed by atoms with Gasteiger partial charge >= 0.3 is 0 Å². The third-order valence-corrected chi connectivity index (χ3v) is 3.49. The van der Waals surface area contributed by atoms with Gasteiger partial charge in [0, 0.05) is 8.95 Å². The molecule has 1 aromatic carbocycles. The molecule has 1 rings (SSSR count). The zero-order valence-corrected chi connectivity index (χ0v) is 12.9. The molecule has 0 aliphatic rings. The number of ketones is 1. The van der Waals surface area contributed by atoms with E-state index in [9.17, 15) is 9.59 Å². The van der Waals surface area contributed by atoms with Gasteiger partial charge in [-0.15, -0.1) is 0 Å². The summed E-state index contributed by atoms with van der Waals surface area (Å²) >= 11 is 9.64. The number of alkyl halides is 1. The lowest BCUT2D eigenvalue weighted by Crippen LogP contribution is -2.17. The maximum atomic E-state index is 11.4. The summed E-state index contributed by atoms with van der Waals surface area (Å²) < 4.78 is 1.68. The Morgan fingerprint density at radius 3 is 2.50 bits per heavy atom. The normalized spacial score (nSPS) is 9.94. The van der Waals surface area contributed by atoms with Crippen LogP contribution < -0.4 is 5.32 Å².